The fourth-order valence-corrected chi connectivity index (χ4v) is 4.18. The number of nitrogens with zero attached hydrogens (tertiary/aromatic N) is 2. The zero-order valence-corrected chi connectivity index (χ0v) is 22.1. The van der Waals surface area contributed by atoms with E-state index >= 15 is 0 Å². The molecule has 3 aromatic rings. The third-order valence-corrected chi connectivity index (χ3v) is 6.18. The van der Waals surface area contributed by atoms with Crippen LogP contribution in [0.15, 0.2) is 59.7 Å². The first-order valence-corrected chi connectivity index (χ1v) is 12.2. The third kappa shape index (κ3) is 7.55. The van der Waals surface area contributed by atoms with Crippen LogP contribution in [0.25, 0.3) is 0 Å². The molecule has 1 N–H and O–H groups in total. The summed E-state index contributed by atoms with van der Waals surface area (Å²) in [4.78, 5) is 22.8. The van der Waals surface area contributed by atoms with Crippen molar-refractivity contribution < 1.29 is 19.2 Å². The Morgan fingerprint density at radius 1 is 1.14 bits per heavy atom. The molecule has 0 unspecified atom stereocenters. The van der Waals surface area contributed by atoms with Crippen molar-refractivity contribution in [3.05, 3.63) is 95.0 Å². The van der Waals surface area contributed by atoms with Crippen molar-refractivity contribution in [1.29, 1.82) is 0 Å². The maximum absolute atomic E-state index is 12.2. The largest absolute Gasteiger partial charge is 0.490 e. The molecule has 0 spiro atoms. The van der Waals surface area contributed by atoms with Gasteiger partial charge in [-0.05, 0) is 64.9 Å². The molecule has 0 fully saturated rings. The first-order valence-electron chi connectivity index (χ1n) is 10.4. The summed E-state index contributed by atoms with van der Waals surface area (Å²) in [5.74, 6) is 0.611. The van der Waals surface area contributed by atoms with E-state index in [1.54, 1.807) is 30.3 Å². The van der Waals surface area contributed by atoms with E-state index < -0.39 is 10.8 Å². The van der Waals surface area contributed by atoms with Crippen molar-refractivity contribution >= 4 is 63.6 Å². The lowest BCUT2D eigenvalue weighted by molar-refractivity contribution is -0.385. The number of hydrazone groups is 1. The van der Waals surface area contributed by atoms with Crippen LogP contribution in [-0.4, -0.2) is 23.7 Å². The average Bonchev–Trinajstić information content (AvgIpc) is 2.81. The van der Waals surface area contributed by atoms with Crippen LogP contribution in [0.5, 0.6) is 11.5 Å². The molecule has 0 aliphatic rings. The predicted molar refractivity (Wildman–Crippen MR) is 144 cm³/mol. The number of benzene rings is 3. The normalized spacial score (nSPS) is 10.9. The van der Waals surface area contributed by atoms with Crippen LogP contribution >= 0.6 is 45.8 Å². The van der Waals surface area contributed by atoms with E-state index in [9.17, 15) is 14.9 Å². The summed E-state index contributed by atoms with van der Waals surface area (Å²) in [6.45, 7) is 2.55. The molecule has 11 heteroatoms. The van der Waals surface area contributed by atoms with Crippen molar-refractivity contribution in [3.63, 3.8) is 0 Å². The van der Waals surface area contributed by atoms with E-state index in [2.05, 4.69) is 33.1 Å². The Morgan fingerprint density at radius 3 is 2.63 bits per heavy atom. The maximum Gasteiger partial charge on any atom is 0.273 e. The van der Waals surface area contributed by atoms with Gasteiger partial charge >= 0.3 is 0 Å². The first-order chi connectivity index (χ1) is 16.8. The summed E-state index contributed by atoms with van der Waals surface area (Å²) >= 11 is 14.2. The Hall–Kier alpha value is -2.89. The van der Waals surface area contributed by atoms with E-state index in [0.29, 0.717) is 39.3 Å². The standard InChI is InChI=1S/C24H20Cl2IN3O5/c1-2-34-22-11-16(10-20(27)24(22)35-14-15-7-8-18(25)19(26)9-15)13-28-29-23(31)12-17-5-3-4-6-21(17)30(32)33/h3-11,13H,2,12,14H2,1H3,(H,29,31)/b28-13+. The van der Waals surface area contributed by atoms with Gasteiger partial charge in [-0.2, -0.15) is 5.10 Å². The Kier molecular flexibility index (Phi) is 9.70. The maximum atomic E-state index is 12.2. The number of carbonyl (C=O) groups is 1. The summed E-state index contributed by atoms with van der Waals surface area (Å²) in [6, 6.07) is 14.9. The van der Waals surface area contributed by atoms with Crippen LogP contribution in [0.4, 0.5) is 5.69 Å². The number of amides is 1. The van der Waals surface area contributed by atoms with Crippen LogP contribution < -0.4 is 14.9 Å². The van der Waals surface area contributed by atoms with Gasteiger partial charge in [0.15, 0.2) is 11.5 Å². The van der Waals surface area contributed by atoms with Crippen molar-refractivity contribution in [2.24, 2.45) is 5.10 Å². The highest BCUT2D eigenvalue weighted by atomic mass is 127. The third-order valence-electron chi connectivity index (χ3n) is 4.64. The zero-order chi connectivity index (χ0) is 25.4. The summed E-state index contributed by atoms with van der Waals surface area (Å²) in [7, 11) is 0. The molecule has 8 nitrogen and oxygen atoms in total. The van der Waals surface area contributed by atoms with Gasteiger partial charge in [-0.3, -0.25) is 14.9 Å². The second-order valence-corrected chi connectivity index (χ2v) is 9.13. The van der Waals surface area contributed by atoms with E-state index in [-0.39, 0.29) is 18.7 Å². The molecule has 0 saturated heterocycles. The van der Waals surface area contributed by atoms with Gasteiger partial charge < -0.3 is 9.47 Å². The SMILES string of the molecule is CCOc1cc(/C=N/NC(=O)Cc2ccccc2[N+](=O)[O-])cc(I)c1OCc1ccc(Cl)c(Cl)c1. The Labute approximate surface area is 225 Å². The number of nitro groups is 1. The van der Waals surface area contributed by atoms with Crippen LogP contribution in [0.1, 0.15) is 23.6 Å². The number of nitrogens with one attached hydrogen (secondary N) is 1. The molecule has 0 aromatic heterocycles. The topological polar surface area (TPSA) is 103 Å². The molecule has 0 aliphatic heterocycles. The monoisotopic (exact) mass is 627 g/mol. The van der Waals surface area contributed by atoms with Gasteiger partial charge in [0.25, 0.3) is 5.69 Å². The van der Waals surface area contributed by atoms with Gasteiger partial charge in [0.05, 0.1) is 37.8 Å². The Bertz CT molecular complexity index is 1270. The lowest BCUT2D eigenvalue weighted by atomic mass is 10.1. The van der Waals surface area contributed by atoms with Crippen LogP contribution in [0.3, 0.4) is 0 Å². The molecular weight excluding hydrogens is 608 g/mol. The summed E-state index contributed by atoms with van der Waals surface area (Å²) in [5.41, 5.74) is 4.12. The quantitative estimate of drug-likeness (QED) is 0.125. The summed E-state index contributed by atoms with van der Waals surface area (Å²) in [6.07, 6.45) is 1.29. The van der Waals surface area contributed by atoms with Crippen molar-refractivity contribution in [1.82, 2.24) is 5.43 Å². The summed E-state index contributed by atoms with van der Waals surface area (Å²) in [5, 5.41) is 16.0. The molecule has 0 heterocycles. The van der Waals surface area contributed by atoms with Gasteiger partial charge in [0.2, 0.25) is 5.91 Å². The predicted octanol–water partition coefficient (Wildman–Crippen LogP) is 6.18. The van der Waals surface area contributed by atoms with E-state index in [1.165, 1.54) is 18.3 Å². The molecular formula is C24H20Cl2IN3O5. The molecule has 0 saturated carbocycles. The van der Waals surface area contributed by atoms with Crippen LogP contribution in [-0.2, 0) is 17.8 Å². The van der Waals surface area contributed by atoms with Gasteiger partial charge in [0, 0.05) is 11.6 Å². The Morgan fingerprint density at radius 2 is 1.91 bits per heavy atom. The van der Waals surface area contributed by atoms with Gasteiger partial charge in [-0.1, -0.05) is 47.5 Å². The number of rotatable bonds is 10. The van der Waals surface area contributed by atoms with E-state index in [4.69, 9.17) is 32.7 Å². The second-order valence-electron chi connectivity index (χ2n) is 7.16. The number of hydrogen-bond acceptors (Lipinski definition) is 6. The fourth-order valence-electron chi connectivity index (χ4n) is 3.08. The first kappa shape index (κ1) is 26.7. The Balaban J connectivity index is 1.69. The minimum Gasteiger partial charge on any atom is -0.490 e. The smallest absolute Gasteiger partial charge is 0.273 e. The van der Waals surface area contributed by atoms with Crippen molar-refractivity contribution in [3.8, 4) is 11.5 Å². The van der Waals surface area contributed by atoms with Gasteiger partial charge in [0.1, 0.15) is 6.61 Å². The molecule has 3 aromatic carbocycles. The van der Waals surface area contributed by atoms with E-state index in [0.717, 1.165) is 9.13 Å². The molecule has 1 amide bonds. The highest BCUT2D eigenvalue weighted by Gasteiger charge is 2.15. The molecule has 35 heavy (non-hydrogen) atoms. The minimum absolute atomic E-state index is 0.112. The number of nitro benzene ring substituents is 1. The van der Waals surface area contributed by atoms with Crippen LogP contribution in [0.2, 0.25) is 10.0 Å². The molecule has 0 radical (unpaired) electrons. The zero-order valence-electron chi connectivity index (χ0n) is 18.5. The second kappa shape index (κ2) is 12.7. The van der Waals surface area contributed by atoms with Crippen molar-refractivity contribution in [2.45, 2.75) is 20.0 Å². The van der Waals surface area contributed by atoms with E-state index in [1.807, 2.05) is 19.1 Å². The molecule has 0 bridgehead atoms. The molecule has 0 atom stereocenters. The number of halogens is 3. The fraction of sp³-hybridized carbons (Fsp3) is 0.167. The highest BCUT2D eigenvalue weighted by molar-refractivity contribution is 14.1. The highest BCUT2D eigenvalue weighted by Crippen LogP contribution is 2.35. The molecule has 3 rings (SSSR count). The van der Waals surface area contributed by atoms with Gasteiger partial charge in [-0.25, -0.2) is 5.43 Å². The van der Waals surface area contributed by atoms with Gasteiger partial charge in [-0.15, -0.1) is 0 Å². The lowest BCUT2D eigenvalue weighted by Crippen LogP contribution is -2.20. The molecule has 0 aliphatic carbocycles. The number of ether oxygens (including phenoxy) is 2. The number of carbonyl (C=O) groups excluding carboxylic acids is 1. The lowest BCUT2D eigenvalue weighted by Gasteiger charge is -2.15. The number of para-hydroxylation sites is 1. The summed E-state index contributed by atoms with van der Waals surface area (Å²) < 4.78 is 12.5. The van der Waals surface area contributed by atoms with Crippen LogP contribution in [0, 0.1) is 13.7 Å². The minimum atomic E-state index is -0.520. The number of hydrogen-bond donors (Lipinski definition) is 1. The molecule has 182 valence electrons. The average molecular weight is 628 g/mol. The van der Waals surface area contributed by atoms with Crippen molar-refractivity contribution in [2.75, 3.05) is 6.61 Å².